The fourth-order valence-corrected chi connectivity index (χ4v) is 3.63. The van der Waals surface area contributed by atoms with Crippen LogP contribution in [0, 0.1) is 5.82 Å². The molecule has 1 aromatic carbocycles. The molecule has 1 amide bonds. The molecule has 0 unspecified atom stereocenters. The van der Waals surface area contributed by atoms with Gasteiger partial charge < -0.3 is 5.32 Å². The van der Waals surface area contributed by atoms with E-state index in [1.165, 1.54) is 7.05 Å². The smallest absolute Gasteiger partial charge is 0.243 e. The Hall–Kier alpha value is -2.85. The van der Waals surface area contributed by atoms with Crippen molar-refractivity contribution in [1.82, 2.24) is 24.2 Å². The lowest BCUT2D eigenvalue weighted by Gasteiger charge is -2.16. The van der Waals surface area contributed by atoms with Gasteiger partial charge in [0.1, 0.15) is 11.6 Å². The third-order valence-electron chi connectivity index (χ3n) is 3.94. The van der Waals surface area contributed by atoms with Gasteiger partial charge in [-0.2, -0.15) is 4.31 Å². The summed E-state index contributed by atoms with van der Waals surface area (Å²) in [6, 6.07) is 9.98. The number of amides is 1. The van der Waals surface area contributed by atoms with Crippen molar-refractivity contribution in [3.63, 3.8) is 0 Å². The first-order valence-corrected chi connectivity index (χ1v) is 9.59. The molecular formula is C17H18FN5O3S. The lowest BCUT2D eigenvalue weighted by Crippen LogP contribution is -2.39. The first-order valence-electron chi connectivity index (χ1n) is 8.15. The quantitative estimate of drug-likeness (QED) is 0.644. The first-order chi connectivity index (χ1) is 12.9. The number of rotatable bonds is 7. The van der Waals surface area contributed by atoms with Crippen molar-refractivity contribution in [2.45, 2.75) is 11.3 Å². The van der Waals surface area contributed by atoms with E-state index >= 15 is 0 Å². The van der Waals surface area contributed by atoms with Crippen LogP contribution in [0.3, 0.4) is 0 Å². The van der Waals surface area contributed by atoms with E-state index in [1.807, 2.05) is 28.8 Å². The number of hydrogen-bond acceptors (Lipinski definition) is 5. The summed E-state index contributed by atoms with van der Waals surface area (Å²) in [5, 5.41) is 10.7. The number of carbonyl (C=O) groups excluding carboxylic acids is 1. The Morgan fingerprint density at radius 2 is 1.93 bits per heavy atom. The van der Waals surface area contributed by atoms with E-state index in [4.69, 9.17) is 0 Å². The van der Waals surface area contributed by atoms with Gasteiger partial charge in [-0.05, 0) is 36.4 Å². The van der Waals surface area contributed by atoms with Gasteiger partial charge in [0, 0.05) is 26.2 Å². The highest BCUT2D eigenvalue weighted by Crippen LogP contribution is 2.14. The van der Waals surface area contributed by atoms with Crippen LogP contribution in [0.2, 0.25) is 0 Å². The maximum absolute atomic E-state index is 13.0. The highest BCUT2D eigenvalue weighted by Gasteiger charge is 2.22. The molecule has 10 heteroatoms. The Labute approximate surface area is 155 Å². The number of sulfonamides is 1. The monoisotopic (exact) mass is 391 g/mol. The van der Waals surface area contributed by atoms with Crippen molar-refractivity contribution in [1.29, 1.82) is 0 Å². The van der Waals surface area contributed by atoms with Gasteiger partial charge in [-0.25, -0.2) is 12.8 Å². The maximum Gasteiger partial charge on any atom is 0.243 e. The second-order valence-corrected chi connectivity index (χ2v) is 7.90. The molecule has 0 radical (unpaired) electrons. The molecule has 2 heterocycles. The normalized spacial score (nSPS) is 11.8. The van der Waals surface area contributed by atoms with Crippen LogP contribution in [0.1, 0.15) is 5.82 Å². The largest absolute Gasteiger partial charge is 0.355 e. The fraction of sp³-hybridized carbons (Fsp3) is 0.235. The number of carbonyl (C=O) groups is 1. The van der Waals surface area contributed by atoms with E-state index in [2.05, 4.69) is 15.5 Å². The van der Waals surface area contributed by atoms with Crippen LogP contribution in [0.25, 0.3) is 5.65 Å². The van der Waals surface area contributed by atoms with Crippen molar-refractivity contribution in [3.05, 3.63) is 60.3 Å². The standard InChI is InChI=1S/C17H18FN5O3S/c1-22(27(25,26)14-7-5-13(18)6-8-14)12-17(24)19-10-9-16-21-20-15-4-2-3-11-23(15)16/h2-8,11H,9-10,12H2,1H3,(H,19,24). The zero-order valence-corrected chi connectivity index (χ0v) is 15.4. The predicted molar refractivity (Wildman–Crippen MR) is 95.9 cm³/mol. The molecule has 0 aliphatic rings. The van der Waals surface area contributed by atoms with Crippen LogP contribution in [0.4, 0.5) is 4.39 Å². The van der Waals surface area contributed by atoms with Crippen molar-refractivity contribution in [2.24, 2.45) is 0 Å². The number of fused-ring (bicyclic) bond motifs is 1. The Morgan fingerprint density at radius 1 is 1.19 bits per heavy atom. The number of benzene rings is 1. The molecule has 0 aliphatic carbocycles. The molecule has 0 spiro atoms. The Morgan fingerprint density at radius 3 is 2.67 bits per heavy atom. The van der Waals surface area contributed by atoms with Crippen LogP contribution < -0.4 is 5.32 Å². The topological polar surface area (TPSA) is 96.7 Å². The molecule has 0 bridgehead atoms. The second-order valence-electron chi connectivity index (χ2n) is 5.86. The molecule has 1 N–H and O–H groups in total. The lowest BCUT2D eigenvalue weighted by atomic mass is 10.4. The third-order valence-corrected chi connectivity index (χ3v) is 5.76. The number of nitrogens with one attached hydrogen (secondary N) is 1. The van der Waals surface area contributed by atoms with Crippen LogP contribution in [0.15, 0.2) is 53.6 Å². The van der Waals surface area contributed by atoms with Crippen molar-refractivity contribution < 1.29 is 17.6 Å². The molecular weight excluding hydrogens is 373 g/mol. The van der Waals surface area contributed by atoms with Crippen LogP contribution in [0.5, 0.6) is 0 Å². The summed E-state index contributed by atoms with van der Waals surface area (Å²) in [5.41, 5.74) is 0.712. The Bertz CT molecular complexity index is 1050. The minimum atomic E-state index is -3.87. The summed E-state index contributed by atoms with van der Waals surface area (Å²) in [6.07, 6.45) is 2.28. The van der Waals surface area contributed by atoms with E-state index in [0.717, 1.165) is 28.6 Å². The number of hydrogen-bond donors (Lipinski definition) is 1. The van der Waals surface area contributed by atoms with Gasteiger partial charge in [0.25, 0.3) is 0 Å². The SMILES string of the molecule is CN(CC(=O)NCCc1nnc2ccccn12)S(=O)(=O)c1ccc(F)cc1. The van der Waals surface area contributed by atoms with Gasteiger partial charge in [0.2, 0.25) is 15.9 Å². The summed E-state index contributed by atoms with van der Waals surface area (Å²) in [6.45, 7) is -0.0563. The van der Waals surface area contributed by atoms with Crippen molar-refractivity contribution in [2.75, 3.05) is 20.1 Å². The minimum Gasteiger partial charge on any atom is -0.355 e. The minimum absolute atomic E-state index is 0.0749. The number of halogens is 1. The zero-order valence-electron chi connectivity index (χ0n) is 14.5. The summed E-state index contributed by atoms with van der Waals surface area (Å²) >= 11 is 0. The predicted octanol–water partition coefficient (Wildman–Crippen LogP) is 0.848. The number of aromatic nitrogens is 3. The van der Waals surface area contributed by atoms with Crippen LogP contribution in [-0.2, 0) is 21.2 Å². The van der Waals surface area contributed by atoms with Crippen molar-refractivity contribution in [3.8, 4) is 0 Å². The van der Waals surface area contributed by atoms with Gasteiger partial charge >= 0.3 is 0 Å². The summed E-state index contributed by atoms with van der Waals surface area (Å²) in [7, 11) is -2.57. The molecule has 0 saturated heterocycles. The summed E-state index contributed by atoms with van der Waals surface area (Å²) in [4.78, 5) is 12.0. The molecule has 3 rings (SSSR count). The van der Waals surface area contributed by atoms with Crippen LogP contribution in [-0.4, -0.2) is 53.4 Å². The molecule has 0 atom stereocenters. The zero-order chi connectivity index (χ0) is 19.4. The number of pyridine rings is 1. The van der Waals surface area contributed by atoms with E-state index in [9.17, 15) is 17.6 Å². The highest BCUT2D eigenvalue weighted by atomic mass is 32.2. The average Bonchev–Trinajstić information content (AvgIpc) is 3.05. The molecule has 2 aromatic heterocycles. The van der Waals surface area contributed by atoms with E-state index in [0.29, 0.717) is 24.4 Å². The molecule has 3 aromatic rings. The Balaban J connectivity index is 1.55. The fourth-order valence-electron chi connectivity index (χ4n) is 2.50. The lowest BCUT2D eigenvalue weighted by molar-refractivity contribution is -0.121. The van der Waals surface area contributed by atoms with E-state index in [-0.39, 0.29) is 11.4 Å². The first kappa shape index (κ1) is 18.9. The molecule has 27 heavy (non-hydrogen) atoms. The average molecular weight is 391 g/mol. The summed E-state index contributed by atoms with van der Waals surface area (Å²) < 4.78 is 40.5. The highest BCUT2D eigenvalue weighted by molar-refractivity contribution is 7.89. The number of likely N-dealkylation sites (N-methyl/N-ethyl adjacent to an activating group) is 1. The molecule has 0 aliphatic heterocycles. The Kier molecular flexibility index (Phi) is 5.47. The third kappa shape index (κ3) is 4.29. The maximum atomic E-state index is 13.0. The molecule has 0 saturated carbocycles. The van der Waals surface area contributed by atoms with Crippen LogP contribution >= 0.6 is 0 Å². The second kappa shape index (κ2) is 7.80. The van der Waals surface area contributed by atoms with Gasteiger partial charge in [0.05, 0.1) is 11.4 Å². The van der Waals surface area contributed by atoms with Gasteiger partial charge in [0.15, 0.2) is 5.65 Å². The summed E-state index contributed by atoms with van der Waals surface area (Å²) in [5.74, 6) is -0.287. The van der Waals surface area contributed by atoms with Gasteiger partial charge in [-0.3, -0.25) is 9.20 Å². The molecule has 8 nitrogen and oxygen atoms in total. The molecule has 0 fully saturated rings. The van der Waals surface area contributed by atoms with E-state index in [1.54, 1.807) is 0 Å². The van der Waals surface area contributed by atoms with Gasteiger partial charge in [-0.1, -0.05) is 6.07 Å². The number of nitrogens with zero attached hydrogens (tertiary/aromatic N) is 4. The molecule has 142 valence electrons. The van der Waals surface area contributed by atoms with E-state index < -0.39 is 21.7 Å². The van der Waals surface area contributed by atoms with Crippen molar-refractivity contribution >= 4 is 21.6 Å². The van der Waals surface area contributed by atoms with Gasteiger partial charge in [-0.15, -0.1) is 10.2 Å².